The molecule has 1 aromatic rings. The lowest BCUT2D eigenvalue weighted by molar-refractivity contribution is 0.508. The molecule has 1 saturated heterocycles. The van der Waals surface area contributed by atoms with Gasteiger partial charge >= 0.3 is 10.2 Å². The average Bonchev–Trinajstić information content (AvgIpc) is 2.58. The third-order valence-corrected chi connectivity index (χ3v) is 4.04. The van der Waals surface area contributed by atoms with Gasteiger partial charge in [-0.15, -0.1) is 0 Å². The van der Waals surface area contributed by atoms with Crippen LogP contribution < -0.4 is 14.8 Å². The molecule has 0 aliphatic carbocycles. The van der Waals surface area contributed by atoms with Crippen molar-refractivity contribution in [1.82, 2.24) is 4.72 Å². The van der Waals surface area contributed by atoms with Crippen molar-refractivity contribution in [2.45, 2.75) is 6.04 Å². The molecule has 8 heteroatoms. The summed E-state index contributed by atoms with van der Waals surface area (Å²) in [7, 11) is -3.72. The molecule has 0 radical (unpaired) electrons. The first kappa shape index (κ1) is 12.2. The highest BCUT2D eigenvalue weighted by atomic mass is 32.2. The summed E-state index contributed by atoms with van der Waals surface area (Å²) in [6.45, 7) is 0.239. The van der Waals surface area contributed by atoms with Gasteiger partial charge in [0.25, 0.3) is 0 Å². The first-order chi connectivity index (χ1) is 7.94. The van der Waals surface area contributed by atoms with Gasteiger partial charge in [0.1, 0.15) is 0 Å². The zero-order valence-electron chi connectivity index (χ0n) is 8.73. The fourth-order valence-electron chi connectivity index (χ4n) is 1.62. The van der Waals surface area contributed by atoms with E-state index in [0.717, 1.165) is 16.4 Å². The number of nitrogens with zero attached hydrogens (tertiary/aromatic N) is 1. The first-order valence-electron chi connectivity index (χ1n) is 4.89. The summed E-state index contributed by atoms with van der Waals surface area (Å²) < 4.78 is 52.4. The van der Waals surface area contributed by atoms with Gasteiger partial charge in [-0.3, -0.25) is 4.31 Å². The van der Waals surface area contributed by atoms with Gasteiger partial charge in [0.2, 0.25) is 0 Å². The number of nitrogens with two attached hydrogens (primary N) is 1. The summed E-state index contributed by atoms with van der Waals surface area (Å²) in [5.74, 6) is -2.11. The number of rotatable bonds is 2. The Balaban J connectivity index is 2.37. The SMILES string of the molecule is NCC1CN(c2ccc(F)c(F)c2)S(=O)(=O)N1. The molecule has 0 bridgehead atoms. The van der Waals surface area contributed by atoms with Gasteiger partial charge in [-0.25, -0.2) is 8.78 Å². The van der Waals surface area contributed by atoms with Crippen LogP contribution >= 0.6 is 0 Å². The highest BCUT2D eigenvalue weighted by Gasteiger charge is 2.34. The molecule has 1 atom stereocenters. The predicted octanol–water partition coefficient (Wildman–Crippen LogP) is -0.0535. The van der Waals surface area contributed by atoms with E-state index >= 15 is 0 Å². The van der Waals surface area contributed by atoms with E-state index in [1.165, 1.54) is 6.07 Å². The van der Waals surface area contributed by atoms with Crippen LogP contribution in [0, 0.1) is 11.6 Å². The van der Waals surface area contributed by atoms with Crippen molar-refractivity contribution in [3.63, 3.8) is 0 Å². The molecule has 1 fully saturated rings. The number of hydrogen-bond donors (Lipinski definition) is 2. The van der Waals surface area contributed by atoms with Crippen molar-refractivity contribution >= 4 is 15.9 Å². The maximum absolute atomic E-state index is 13.0. The van der Waals surface area contributed by atoms with E-state index in [0.29, 0.717) is 0 Å². The van der Waals surface area contributed by atoms with Gasteiger partial charge in [0.05, 0.1) is 18.3 Å². The fourth-order valence-corrected chi connectivity index (χ4v) is 3.10. The Kier molecular flexibility index (Phi) is 3.02. The van der Waals surface area contributed by atoms with Crippen LogP contribution in [0.25, 0.3) is 0 Å². The highest BCUT2D eigenvalue weighted by Crippen LogP contribution is 2.23. The van der Waals surface area contributed by atoms with E-state index in [1.54, 1.807) is 0 Å². The van der Waals surface area contributed by atoms with Crippen LogP contribution in [0.2, 0.25) is 0 Å². The van der Waals surface area contributed by atoms with Crippen LogP contribution in [0.4, 0.5) is 14.5 Å². The molecule has 94 valence electrons. The average molecular weight is 263 g/mol. The molecule has 17 heavy (non-hydrogen) atoms. The second-order valence-corrected chi connectivity index (χ2v) is 5.31. The molecule has 1 heterocycles. The predicted molar refractivity (Wildman–Crippen MR) is 58.6 cm³/mol. The quantitative estimate of drug-likeness (QED) is 0.785. The van der Waals surface area contributed by atoms with E-state index < -0.39 is 27.9 Å². The molecule has 5 nitrogen and oxygen atoms in total. The minimum Gasteiger partial charge on any atom is -0.329 e. The topological polar surface area (TPSA) is 75.4 Å². The summed E-state index contributed by atoms with van der Waals surface area (Å²) in [4.78, 5) is 0. The van der Waals surface area contributed by atoms with Gasteiger partial charge in [-0.2, -0.15) is 13.1 Å². The largest absolute Gasteiger partial charge is 0.329 e. The number of halogens is 2. The number of nitrogens with one attached hydrogen (secondary N) is 1. The zero-order valence-corrected chi connectivity index (χ0v) is 9.55. The third kappa shape index (κ3) is 2.24. The first-order valence-corrected chi connectivity index (χ1v) is 6.33. The van der Waals surface area contributed by atoms with Gasteiger partial charge in [0.15, 0.2) is 11.6 Å². The number of anilines is 1. The number of benzene rings is 1. The Hall–Kier alpha value is -1.25. The summed E-state index contributed by atoms with van der Waals surface area (Å²) >= 11 is 0. The van der Waals surface area contributed by atoms with E-state index in [9.17, 15) is 17.2 Å². The molecule has 0 aromatic heterocycles. The lowest BCUT2D eigenvalue weighted by atomic mass is 10.2. The van der Waals surface area contributed by atoms with Crippen molar-refractivity contribution in [2.75, 3.05) is 17.4 Å². The fraction of sp³-hybridized carbons (Fsp3) is 0.333. The maximum Gasteiger partial charge on any atom is 0.301 e. The van der Waals surface area contributed by atoms with Crippen LogP contribution in [-0.2, 0) is 10.2 Å². The zero-order chi connectivity index (χ0) is 12.6. The second kappa shape index (κ2) is 4.21. The Morgan fingerprint density at radius 3 is 2.65 bits per heavy atom. The van der Waals surface area contributed by atoms with Crippen LogP contribution in [0.1, 0.15) is 0 Å². The summed E-state index contributed by atoms with van der Waals surface area (Å²) in [6, 6.07) is 2.51. The summed E-state index contributed by atoms with van der Waals surface area (Å²) in [5.41, 5.74) is 5.44. The minimum absolute atomic E-state index is 0.0763. The lowest BCUT2D eigenvalue weighted by Gasteiger charge is -2.15. The molecule has 1 aromatic carbocycles. The van der Waals surface area contributed by atoms with Gasteiger partial charge in [-0.05, 0) is 12.1 Å². The van der Waals surface area contributed by atoms with Crippen LogP contribution in [0.3, 0.4) is 0 Å². The lowest BCUT2D eigenvalue weighted by Crippen LogP contribution is -2.34. The Bertz CT molecular complexity index is 535. The van der Waals surface area contributed by atoms with Crippen molar-refractivity contribution < 1.29 is 17.2 Å². The van der Waals surface area contributed by atoms with Gasteiger partial charge in [-0.1, -0.05) is 0 Å². The molecule has 1 aliphatic heterocycles. The molecule has 0 saturated carbocycles. The van der Waals surface area contributed by atoms with Crippen molar-refractivity contribution in [1.29, 1.82) is 0 Å². The second-order valence-electron chi connectivity index (χ2n) is 3.69. The van der Waals surface area contributed by atoms with E-state index in [-0.39, 0.29) is 18.8 Å². The van der Waals surface area contributed by atoms with Crippen LogP contribution in [-0.4, -0.2) is 27.5 Å². The molecule has 0 amide bonds. The van der Waals surface area contributed by atoms with Crippen molar-refractivity contribution in [2.24, 2.45) is 5.73 Å². The van der Waals surface area contributed by atoms with E-state index in [4.69, 9.17) is 5.73 Å². The number of hydrogen-bond acceptors (Lipinski definition) is 3. The Morgan fingerprint density at radius 2 is 2.12 bits per heavy atom. The van der Waals surface area contributed by atoms with Crippen molar-refractivity contribution in [3.05, 3.63) is 29.8 Å². The van der Waals surface area contributed by atoms with E-state index in [1.807, 2.05) is 0 Å². The Labute approximate surface area is 97.4 Å². The standard InChI is InChI=1S/C9H11F2N3O2S/c10-8-2-1-7(3-9(8)11)14-5-6(4-12)13-17(14,15)16/h1-3,6,13H,4-5,12H2. The molecule has 1 unspecified atom stereocenters. The molecule has 0 spiro atoms. The molecule has 2 rings (SSSR count). The smallest absolute Gasteiger partial charge is 0.301 e. The van der Waals surface area contributed by atoms with Gasteiger partial charge < -0.3 is 5.73 Å². The van der Waals surface area contributed by atoms with Crippen LogP contribution in [0.15, 0.2) is 18.2 Å². The summed E-state index contributed by atoms with van der Waals surface area (Å²) in [6.07, 6.45) is 0. The summed E-state index contributed by atoms with van der Waals surface area (Å²) in [5, 5.41) is 0. The Morgan fingerprint density at radius 1 is 1.41 bits per heavy atom. The normalized spacial score (nSPS) is 23.0. The molecule has 1 aliphatic rings. The highest BCUT2D eigenvalue weighted by molar-refractivity contribution is 7.91. The maximum atomic E-state index is 13.0. The molecular formula is C9H11F2N3O2S. The van der Waals surface area contributed by atoms with Crippen LogP contribution in [0.5, 0.6) is 0 Å². The van der Waals surface area contributed by atoms with Gasteiger partial charge in [0, 0.05) is 12.6 Å². The molecular weight excluding hydrogens is 252 g/mol. The monoisotopic (exact) mass is 263 g/mol. The van der Waals surface area contributed by atoms with Crippen molar-refractivity contribution in [3.8, 4) is 0 Å². The molecule has 3 N–H and O–H groups in total. The minimum atomic E-state index is -3.72. The van der Waals surface area contributed by atoms with E-state index in [2.05, 4.69) is 4.72 Å². The third-order valence-electron chi connectivity index (χ3n) is 2.47.